The van der Waals surface area contributed by atoms with Crippen molar-refractivity contribution in [3.63, 3.8) is 0 Å². The van der Waals surface area contributed by atoms with Crippen LogP contribution < -0.4 is 10.6 Å². The summed E-state index contributed by atoms with van der Waals surface area (Å²) >= 11 is 1.85. The number of amides is 1. The first-order valence-corrected chi connectivity index (χ1v) is 8.63. The Morgan fingerprint density at radius 1 is 1.50 bits per heavy atom. The molecule has 1 aliphatic heterocycles. The molecule has 0 saturated carbocycles. The molecule has 1 aliphatic rings. The molecular formula is C16H24N2OS. The standard InChI is InChI=1S/C16H24N2OS/c1-2-20-10-9-18-16(19)14-6-3-5-13(11-14)15-7-4-8-17-12-15/h3,5-6,11,15,17H,2,4,7-10,12H2,1H3,(H,18,19). The molecule has 1 amide bonds. The summed E-state index contributed by atoms with van der Waals surface area (Å²) in [4.78, 5) is 12.1. The van der Waals surface area contributed by atoms with Crippen molar-refractivity contribution < 1.29 is 4.79 Å². The van der Waals surface area contributed by atoms with Crippen LogP contribution in [0.15, 0.2) is 24.3 Å². The van der Waals surface area contributed by atoms with Gasteiger partial charge in [0, 0.05) is 24.4 Å². The summed E-state index contributed by atoms with van der Waals surface area (Å²) in [5.41, 5.74) is 2.07. The van der Waals surface area contributed by atoms with E-state index in [0.717, 1.165) is 36.7 Å². The van der Waals surface area contributed by atoms with Crippen LogP contribution in [0, 0.1) is 0 Å². The van der Waals surface area contributed by atoms with Crippen LogP contribution in [0.5, 0.6) is 0 Å². The number of carbonyl (C=O) groups excluding carboxylic acids is 1. The second kappa shape index (κ2) is 8.32. The van der Waals surface area contributed by atoms with Gasteiger partial charge in [-0.05, 0) is 48.8 Å². The van der Waals surface area contributed by atoms with Crippen LogP contribution in [0.4, 0.5) is 0 Å². The molecule has 1 unspecified atom stereocenters. The van der Waals surface area contributed by atoms with Crippen LogP contribution in [-0.2, 0) is 0 Å². The van der Waals surface area contributed by atoms with Crippen molar-refractivity contribution in [1.82, 2.24) is 10.6 Å². The van der Waals surface area contributed by atoms with Gasteiger partial charge in [0.1, 0.15) is 0 Å². The fourth-order valence-corrected chi connectivity index (χ4v) is 3.09. The highest BCUT2D eigenvalue weighted by Gasteiger charge is 2.16. The molecule has 4 heteroatoms. The number of hydrogen-bond acceptors (Lipinski definition) is 3. The van der Waals surface area contributed by atoms with Crippen LogP contribution in [0.2, 0.25) is 0 Å². The number of thioether (sulfide) groups is 1. The van der Waals surface area contributed by atoms with Gasteiger partial charge in [-0.3, -0.25) is 4.79 Å². The summed E-state index contributed by atoms with van der Waals surface area (Å²) in [7, 11) is 0. The van der Waals surface area contributed by atoms with Crippen molar-refractivity contribution in [2.45, 2.75) is 25.7 Å². The molecule has 110 valence electrons. The minimum atomic E-state index is 0.0484. The molecule has 0 spiro atoms. The van der Waals surface area contributed by atoms with E-state index in [1.807, 2.05) is 23.9 Å². The van der Waals surface area contributed by atoms with Crippen LogP contribution in [0.25, 0.3) is 0 Å². The normalized spacial score (nSPS) is 18.8. The lowest BCUT2D eigenvalue weighted by molar-refractivity contribution is 0.0956. The van der Waals surface area contributed by atoms with Gasteiger partial charge in [-0.15, -0.1) is 0 Å². The molecule has 20 heavy (non-hydrogen) atoms. The van der Waals surface area contributed by atoms with Gasteiger partial charge in [0.25, 0.3) is 5.91 Å². The van der Waals surface area contributed by atoms with E-state index >= 15 is 0 Å². The predicted octanol–water partition coefficient (Wildman–Crippen LogP) is 2.64. The second-order valence-electron chi connectivity index (χ2n) is 5.12. The lowest BCUT2D eigenvalue weighted by atomic mass is 9.90. The van der Waals surface area contributed by atoms with Gasteiger partial charge >= 0.3 is 0 Å². The number of rotatable bonds is 6. The molecule has 2 N–H and O–H groups in total. The topological polar surface area (TPSA) is 41.1 Å². The Balaban J connectivity index is 1.92. The molecule has 2 rings (SSSR count). The molecular weight excluding hydrogens is 268 g/mol. The fourth-order valence-electron chi connectivity index (χ4n) is 2.55. The van der Waals surface area contributed by atoms with E-state index in [9.17, 15) is 4.79 Å². The number of nitrogens with one attached hydrogen (secondary N) is 2. The van der Waals surface area contributed by atoms with E-state index in [4.69, 9.17) is 0 Å². The van der Waals surface area contributed by atoms with Crippen molar-refractivity contribution in [3.05, 3.63) is 35.4 Å². The van der Waals surface area contributed by atoms with Gasteiger partial charge in [-0.25, -0.2) is 0 Å². The lowest BCUT2D eigenvalue weighted by Crippen LogP contribution is -2.29. The zero-order valence-electron chi connectivity index (χ0n) is 12.2. The predicted molar refractivity (Wildman–Crippen MR) is 86.6 cm³/mol. The Kier molecular flexibility index (Phi) is 6.40. The Morgan fingerprint density at radius 3 is 3.15 bits per heavy atom. The minimum absolute atomic E-state index is 0.0484. The average molecular weight is 292 g/mol. The highest BCUT2D eigenvalue weighted by atomic mass is 32.2. The van der Waals surface area contributed by atoms with Crippen LogP contribution >= 0.6 is 11.8 Å². The summed E-state index contributed by atoms with van der Waals surface area (Å²) in [5.74, 6) is 2.67. The maximum absolute atomic E-state index is 12.1. The van der Waals surface area contributed by atoms with Gasteiger partial charge in [-0.2, -0.15) is 11.8 Å². The first-order chi connectivity index (χ1) is 9.81. The average Bonchev–Trinajstić information content (AvgIpc) is 2.52. The van der Waals surface area contributed by atoms with E-state index < -0.39 is 0 Å². The SMILES string of the molecule is CCSCCNC(=O)c1cccc(C2CCCNC2)c1. The van der Waals surface area contributed by atoms with Crippen molar-refractivity contribution in [2.75, 3.05) is 31.1 Å². The summed E-state index contributed by atoms with van der Waals surface area (Å²) in [6.07, 6.45) is 2.43. The summed E-state index contributed by atoms with van der Waals surface area (Å²) < 4.78 is 0. The molecule has 1 heterocycles. The summed E-state index contributed by atoms with van der Waals surface area (Å²) in [5, 5.41) is 6.42. The molecule has 1 atom stereocenters. The largest absolute Gasteiger partial charge is 0.351 e. The third kappa shape index (κ3) is 4.53. The highest BCUT2D eigenvalue weighted by molar-refractivity contribution is 7.99. The molecule has 3 nitrogen and oxygen atoms in total. The molecule has 1 aromatic carbocycles. The van der Waals surface area contributed by atoms with E-state index in [1.54, 1.807) is 0 Å². The smallest absolute Gasteiger partial charge is 0.251 e. The number of piperidine rings is 1. The van der Waals surface area contributed by atoms with Crippen molar-refractivity contribution >= 4 is 17.7 Å². The maximum Gasteiger partial charge on any atom is 0.251 e. The maximum atomic E-state index is 12.1. The zero-order chi connectivity index (χ0) is 14.2. The monoisotopic (exact) mass is 292 g/mol. The first-order valence-electron chi connectivity index (χ1n) is 7.48. The highest BCUT2D eigenvalue weighted by Crippen LogP contribution is 2.23. The summed E-state index contributed by atoms with van der Waals surface area (Å²) in [6, 6.07) is 8.10. The third-order valence-corrected chi connectivity index (χ3v) is 4.55. The van der Waals surface area contributed by atoms with E-state index in [1.165, 1.54) is 18.4 Å². The van der Waals surface area contributed by atoms with Gasteiger partial charge in [0.2, 0.25) is 0 Å². The van der Waals surface area contributed by atoms with Gasteiger partial charge in [-0.1, -0.05) is 19.1 Å². The zero-order valence-corrected chi connectivity index (χ0v) is 13.0. The summed E-state index contributed by atoms with van der Waals surface area (Å²) in [6.45, 7) is 5.02. The first kappa shape index (κ1) is 15.4. The Bertz CT molecular complexity index is 430. The van der Waals surface area contributed by atoms with Crippen molar-refractivity contribution in [1.29, 1.82) is 0 Å². The lowest BCUT2D eigenvalue weighted by Gasteiger charge is -2.23. The number of carbonyl (C=O) groups is 1. The van der Waals surface area contributed by atoms with Crippen LogP contribution in [0.1, 0.15) is 41.6 Å². The van der Waals surface area contributed by atoms with E-state index in [2.05, 4.69) is 29.7 Å². The number of hydrogen-bond donors (Lipinski definition) is 2. The molecule has 1 aromatic rings. The van der Waals surface area contributed by atoms with Gasteiger partial charge in [0.15, 0.2) is 0 Å². The molecule has 0 bridgehead atoms. The molecule has 1 saturated heterocycles. The number of benzene rings is 1. The van der Waals surface area contributed by atoms with E-state index in [-0.39, 0.29) is 5.91 Å². The molecule has 0 aliphatic carbocycles. The van der Waals surface area contributed by atoms with Crippen LogP contribution in [-0.4, -0.2) is 37.0 Å². The minimum Gasteiger partial charge on any atom is -0.351 e. The van der Waals surface area contributed by atoms with Gasteiger partial charge in [0.05, 0.1) is 0 Å². The van der Waals surface area contributed by atoms with Gasteiger partial charge < -0.3 is 10.6 Å². The molecule has 1 fully saturated rings. The van der Waals surface area contributed by atoms with E-state index in [0.29, 0.717) is 5.92 Å². The van der Waals surface area contributed by atoms with Crippen molar-refractivity contribution in [2.24, 2.45) is 0 Å². The quantitative estimate of drug-likeness (QED) is 0.792. The Morgan fingerprint density at radius 2 is 2.40 bits per heavy atom. The molecule has 0 radical (unpaired) electrons. The third-order valence-electron chi connectivity index (χ3n) is 3.65. The fraction of sp³-hybridized carbons (Fsp3) is 0.562. The van der Waals surface area contributed by atoms with Crippen LogP contribution in [0.3, 0.4) is 0 Å². The second-order valence-corrected chi connectivity index (χ2v) is 6.52. The van der Waals surface area contributed by atoms with Crippen molar-refractivity contribution in [3.8, 4) is 0 Å². The molecule has 0 aromatic heterocycles. The Labute approximate surface area is 125 Å². The Hall–Kier alpha value is -1.00.